The summed E-state index contributed by atoms with van der Waals surface area (Å²) in [5, 5.41) is 3.52. The van der Waals surface area contributed by atoms with Gasteiger partial charge in [0.05, 0.1) is 25.4 Å². The predicted molar refractivity (Wildman–Crippen MR) is 103 cm³/mol. The molecule has 0 aromatic carbocycles. The zero-order chi connectivity index (χ0) is 18.8. The molecule has 1 amide bonds. The van der Waals surface area contributed by atoms with E-state index in [1.165, 1.54) is 12.8 Å². The Morgan fingerprint density at radius 1 is 1.15 bits per heavy atom. The molecule has 2 bridgehead atoms. The lowest BCUT2D eigenvalue weighted by molar-refractivity contribution is -0.127. The number of hydrogen-bond donors (Lipinski definition) is 1. The molecule has 4 unspecified atom stereocenters. The van der Waals surface area contributed by atoms with Crippen LogP contribution < -0.4 is 5.32 Å². The Balaban J connectivity index is 1.35. The molecule has 0 aromatic rings. The van der Waals surface area contributed by atoms with Crippen LogP contribution in [-0.4, -0.2) is 112 Å². The molecule has 0 radical (unpaired) electrons. The number of fused-ring (bicyclic) bond motifs is 5. The van der Waals surface area contributed by atoms with Gasteiger partial charge < -0.3 is 24.6 Å². The van der Waals surface area contributed by atoms with Crippen LogP contribution in [-0.2, 0) is 14.3 Å². The zero-order valence-corrected chi connectivity index (χ0v) is 16.6. The lowest BCUT2D eigenvalue weighted by Gasteiger charge is -2.28. The van der Waals surface area contributed by atoms with E-state index in [9.17, 15) is 4.79 Å². The van der Waals surface area contributed by atoms with Crippen molar-refractivity contribution in [2.75, 3.05) is 73.1 Å². The van der Waals surface area contributed by atoms with Gasteiger partial charge in [0.25, 0.3) is 0 Å². The number of ether oxygens (including phenoxy) is 2. The number of carbonyl (C=O) groups is 1. The molecular weight excluding hydrogens is 346 g/mol. The van der Waals surface area contributed by atoms with Gasteiger partial charge in [0.15, 0.2) is 5.96 Å². The predicted octanol–water partition coefficient (Wildman–Crippen LogP) is -0.538. The molecule has 4 aliphatic rings. The maximum absolute atomic E-state index is 12.0. The molecule has 4 heterocycles. The van der Waals surface area contributed by atoms with Crippen molar-refractivity contribution in [1.82, 2.24) is 20.0 Å². The fourth-order valence-electron chi connectivity index (χ4n) is 4.84. The summed E-state index contributed by atoms with van der Waals surface area (Å²) in [7, 11) is 3.55. The topological polar surface area (TPSA) is 69.6 Å². The van der Waals surface area contributed by atoms with Gasteiger partial charge in [0.1, 0.15) is 6.54 Å². The third kappa shape index (κ3) is 4.22. The molecule has 4 rings (SSSR count). The third-order valence-electron chi connectivity index (χ3n) is 6.43. The third-order valence-corrected chi connectivity index (χ3v) is 6.43. The standard InChI is InChI=1S/C19H33N5O3/c1-22(2)18(25)11-21-19(20-5-6-23-7-9-26-10-8-23)24-12-14-15(13-24)17-4-3-16(14)27-17/h14-17H,3-13H2,1-2H3,(H,20,21). The van der Waals surface area contributed by atoms with Gasteiger partial charge in [-0.05, 0) is 12.8 Å². The van der Waals surface area contributed by atoms with Gasteiger partial charge in [-0.15, -0.1) is 0 Å². The van der Waals surface area contributed by atoms with E-state index in [4.69, 9.17) is 9.47 Å². The molecule has 1 N–H and O–H groups in total. The van der Waals surface area contributed by atoms with Crippen LogP contribution in [0.4, 0.5) is 0 Å². The maximum atomic E-state index is 12.0. The summed E-state index contributed by atoms with van der Waals surface area (Å²) in [4.78, 5) is 23.0. The molecule has 27 heavy (non-hydrogen) atoms. The average Bonchev–Trinajstić information content (AvgIpc) is 3.38. The largest absolute Gasteiger partial charge is 0.379 e. The molecular formula is C19H33N5O3. The van der Waals surface area contributed by atoms with Crippen molar-refractivity contribution in [3.05, 3.63) is 0 Å². The first-order valence-corrected chi connectivity index (χ1v) is 10.3. The van der Waals surface area contributed by atoms with Crippen LogP contribution in [0.2, 0.25) is 0 Å². The van der Waals surface area contributed by atoms with Gasteiger partial charge in [-0.2, -0.15) is 0 Å². The number of guanidine groups is 1. The van der Waals surface area contributed by atoms with Gasteiger partial charge in [0, 0.05) is 65.2 Å². The van der Waals surface area contributed by atoms with Crippen molar-refractivity contribution in [3.8, 4) is 0 Å². The van der Waals surface area contributed by atoms with Gasteiger partial charge in [-0.25, -0.2) is 4.99 Å². The van der Waals surface area contributed by atoms with Crippen LogP contribution >= 0.6 is 0 Å². The second-order valence-corrected chi connectivity index (χ2v) is 8.33. The van der Waals surface area contributed by atoms with E-state index in [1.54, 1.807) is 19.0 Å². The number of likely N-dealkylation sites (tertiary alicyclic amines) is 1. The van der Waals surface area contributed by atoms with Crippen molar-refractivity contribution in [3.63, 3.8) is 0 Å². The number of amides is 1. The van der Waals surface area contributed by atoms with Crippen molar-refractivity contribution < 1.29 is 14.3 Å². The minimum Gasteiger partial charge on any atom is -0.379 e. The Bertz CT molecular complexity index is 546. The smallest absolute Gasteiger partial charge is 0.243 e. The van der Waals surface area contributed by atoms with Crippen LogP contribution in [0.5, 0.6) is 0 Å². The molecule has 4 atom stereocenters. The summed E-state index contributed by atoms with van der Waals surface area (Å²) in [6, 6.07) is 0. The van der Waals surface area contributed by atoms with E-state index in [0.717, 1.165) is 58.4 Å². The van der Waals surface area contributed by atoms with Crippen LogP contribution in [0.3, 0.4) is 0 Å². The highest BCUT2D eigenvalue weighted by atomic mass is 16.5. The van der Waals surface area contributed by atoms with E-state index >= 15 is 0 Å². The second-order valence-electron chi connectivity index (χ2n) is 8.33. The van der Waals surface area contributed by atoms with Crippen LogP contribution in [0, 0.1) is 11.8 Å². The Hall–Kier alpha value is -1.38. The summed E-state index contributed by atoms with van der Waals surface area (Å²) in [6.45, 7) is 7.60. The summed E-state index contributed by atoms with van der Waals surface area (Å²) >= 11 is 0. The first-order valence-electron chi connectivity index (χ1n) is 10.3. The molecule has 152 valence electrons. The number of hydrogen-bond acceptors (Lipinski definition) is 5. The Labute approximate surface area is 161 Å². The SMILES string of the molecule is CN(C)C(=O)CN=C(NCCN1CCOCC1)N1CC2C3CCC(O3)C2C1. The lowest BCUT2D eigenvalue weighted by atomic mass is 9.82. The minimum absolute atomic E-state index is 0.0327. The Morgan fingerprint density at radius 3 is 2.44 bits per heavy atom. The van der Waals surface area contributed by atoms with Gasteiger partial charge in [-0.1, -0.05) is 0 Å². The molecule has 0 aliphatic carbocycles. The molecule has 0 saturated carbocycles. The van der Waals surface area contributed by atoms with E-state index < -0.39 is 0 Å². The van der Waals surface area contributed by atoms with Crippen LogP contribution in [0.15, 0.2) is 4.99 Å². The first kappa shape index (κ1) is 19.0. The number of aliphatic imine (C=N–C) groups is 1. The van der Waals surface area contributed by atoms with Gasteiger partial charge >= 0.3 is 0 Å². The summed E-state index contributed by atoms with van der Waals surface area (Å²) in [5.74, 6) is 2.16. The molecule has 4 fully saturated rings. The fraction of sp³-hybridized carbons (Fsp3) is 0.895. The van der Waals surface area contributed by atoms with Crippen molar-refractivity contribution in [1.29, 1.82) is 0 Å². The number of likely N-dealkylation sites (N-methyl/N-ethyl adjacent to an activating group) is 1. The van der Waals surface area contributed by atoms with E-state index in [2.05, 4.69) is 20.1 Å². The first-order chi connectivity index (χ1) is 13.1. The summed E-state index contributed by atoms with van der Waals surface area (Å²) < 4.78 is 11.5. The lowest BCUT2D eigenvalue weighted by Crippen LogP contribution is -2.46. The van der Waals surface area contributed by atoms with Crippen molar-refractivity contribution >= 4 is 11.9 Å². The Kier molecular flexibility index (Phi) is 5.85. The molecule has 4 saturated heterocycles. The minimum atomic E-state index is 0.0327. The average molecular weight is 380 g/mol. The molecule has 0 aromatic heterocycles. The number of carbonyl (C=O) groups excluding carboxylic acids is 1. The summed E-state index contributed by atoms with van der Waals surface area (Å²) in [6.07, 6.45) is 3.27. The summed E-state index contributed by atoms with van der Waals surface area (Å²) in [5.41, 5.74) is 0. The molecule has 4 aliphatic heterocycles. The van der Waals surface area contributed by atoms with E-state index in [0.29, 0.717) is 24.0 Å². The van der Waals surface area contributed by atoms with Crippen molar-refractivity contribution in [2.45, 2.75) is 25.0 Å². The Morgan fingerprint density at radius 2 is 1.81 bits per heavy atom. The number of nitrogens with one attached hydrogen (secondary N) is 1. The van der Waals surface area contributed by atoms with Gasteiger partial charge in [-0.3, -0.25) is 9.69 Å². The molecule has 8 heteroatoms. The van der Waals surface area contributed by atoms with Crippen LogP contribution in [0.25, 0.3) is 0 Å². The maximum Gasteiger partial charge on any atom is 0.243 e. The molecule has 8 nitrogen and oxygen atoms in total. The van der Waals surface area contributed by atoms with Crippen LogP contribution in [0.1, 0.15) is 12.8 Å². The molecule has 0 spiro atoms. The highest BCUT2D eigenvalue weighted by Gasteiger charge is 2.53. The van der Waals surface area contributed by atoms with E-state index in [1.807, 2.05) is 0 Å². The second kappa shape index (κ2) is 8.32. The normalized spacial score (nSPS) is 33.4. The highest BCUT2D eigenvalue weighted by molar-refractivity contribution is 5.85. The van der Waals surface area contributed by atoms with Gasteiger partial charge in [0.2, 0.25) is 5.91 Å². The van der Waals surface area contributed by atoms with Crippen molar-refractivity contribution in [2.24, 2.45) is 16.8 Å². The monoisotopic (exact) mass is 379 g/mol. The number of rotatable bonds is 5. The quantitative estimate of drug-likeness (QED) is 0.511. The number of nitrogens with zero attached hydrogens (tertiary/aromatic N) is 4. The number of morpholine rings is 1. The zero-order valence-electron chi connectivity index (χ0n) is 16.6. The highest BCUT2D eigenvalue weighted by Crippen LogP contribution is 2.47. The fourth-order valence-corrected chi connectivity index (χ4v) is 4.84. The van der Waals surface area contributed by atoms with E-state index in [-0.39, 0.29) is 12.5 Å².